The van der Waals surface area contributed by atoms with Crippen molar-refractivity contribution in [2.75, 3.05) is 25.7 Å². The van der Waals surface area contributed by atoms with Crippen LogP contribution in [0, 0.1) is 0 Å². The van der Waals surface area contributed by atoms with Gasteiger partial charge in [0.2, 0.25) is 0 Å². The second-order valence-corrected chi connectivity index (χ2v) is 5.05. The van der Waals surface area contributed by atoms with Gasteiger partial charge in [-0.15, -0.1) is 0 Å². The molecule has 2 aromatic rings. The highest BCUT2D eigenvalue weighted by Gasteiger charge is 2.17. The van der Waals surface area contributed by atoms with E-state index in [0.717, 1.165) is 16.7 Å². The molecular weight excluding hydrogens is 271 g/mol. The van der Waals surface area contributed by atoms with Crippen molar-refractivity contribution in [3.63, 3.8) is 0 Å². The van der Waals surface area contributed by atoms with E-state index in [0.29, 0.717) is 11.4 Å². The third-order valence-electron chi connectivity index (χ3n) is 3.27. The Kier molecular flexibility index (Phi) is 4.26. The van der Waals surface area contributed by atoms with Crippen LogP contribution in [-0.4, -0.2) is 36.2 Å². The Morgan fingerprint density at radius 2 is 2.24 bits per heavy atom. The molecule has 0 saturated carbocycles. The highest BCUT2D eigenvalue weighted by Crippen LogP contribution is 2.26. The van der Waals surface area contributed by atoms with E-state index in [9.17, 15) is 9.18 Å². The minimum absolute atomic E-state index is 0.125. The minimum atomic E-state index is -0.539. The van der Waals surface area contributed by atoms with E-state index in [4.69, 9.17) is 0 Å². The fraction of sp³-hybridized carbons (Fsp3) is 0.333. The van der Waals surface area contributed by atoms with Crippen LogP contribution in [-0.2, 0) is 7.05 Å². The summed E-state index contributed by atoms with van der Waals surface area (Å²) in [7, 11) is 5.61. The van der Waals surface area contributed by atoms with Gasteiger partial charge in [-0.1, -0.05) is 6.58 Å². The van der Waals surface area contributed by atoms with Gasteiger partial charge in [0, 0.05) is 44.8 Å². The Morgan fingerprint density at radius 1 is 1.52 bits per heavy atom. The van der Waals surface area contributed by atoms with E-state index in [2.05, 4.69) is 16.9 Å². The number of aryl methyl sites for hydroxylation is 1. The molecule has 0 aliphatic heterocycles. The van der Waals surface area contributed by atoms with Crippen molar-refractivity contribution in [3.05, 3.63) is 36.3 Å². The number of aromatic nitrogens is 2. The lowest BCUT2D eigenvalue weighted by Gasteiger charge is -2.14. The molecule has 0 aromatic carbocycles. The zero-order valence-corrected chi connectivity index (χ0v) is 12.5. The number of carbonyl (C=O) groups is 1. The third-order valence-corrected chi connectivity index (χ3v) is 3.27. The van der Waals surface area contributed by atoms with Gasteiger partial charge in [0.05, 0.1) is 12.2 Å². The molecule has 1 N–H and O–H groups in total. The maximum atomic E-state index is 12.3. The number of halogens is 1. The number of hydrogen-bond acceptors (Lipinski definition) is 3. The normalized spacial score (nSPS) is 10.7. The molecule has 0 atom stereocenters. The van der Waals surface area contributed by atoms with Crippen LogP contribution in [0.4, 0.5) is 10.2 Å². The Labute approximate surface area is 123 Å². The second kappa shape index (κ2) is 5.95. The molecule has 0 fully saturated rings. The fourth-order valence-corrected chi connectivity index (χ4v) is 2.23. The van der Waals surface area contributed by atoms with Crippen LogP contribution in [0.3, 0.4) is 0 Å². The first kappa shape index (κ1) is 15.0. The van der Waals surface area contributed by atoms with Gasteiger partial charge in [-0.2, -0.15) is 0 Å². The number of allylic oxidation sites excluding steroid dienone is 1. The average Bonchev–Trinajstić information content (AvgIpc) is 2.76. The quantitative estimate of drug-likeness (QED) is 0.919. The summed E-state index contributed by atoms with van der Waals surface area (Å²) in [5.41, 5.74) is 1.74. The number of anilines is 1. The van der Waals surface area contributed by atoms with Crippen molar-refractivity contribution in [3.8, 4) is 0 Å². The predicted octanol–water partition coefficient (Wildman–Crippen LogP) is 2.24. The Bertz CT molecular complexity index is 690. The number of alkyl halides is 1. The van der Waals surface area contributed by atoms with E-state index in [1.807, 2.05) is 32.1 Å². The summed E-state index contributed by atoms with van der Waals surface area (Å²) in [5.74, 6) is 0.494. The third kappa shape index (κ3) is 2.89. The first-order valence-corrected chi connectivity index (χ1v) is 6.62. The fourth-order valence-electron chi connectivity index (χ4n) is 2.23. The molecule has 0 saturated heterocycles. The van der Waals surface area contributed by atoms with E-state index >= 15 is 0 Å². The molecule has 0 radical (unpaired) electrons. The average molecular weight is 290 g/mol. The van der Waals surface area contributed by atoms with E-state index in [-0.39, 0.29) is 12.3 Å². The van der Waals surface area contributed by atoms with Gasteiger partial charge in [-0.3, -0.25) is 9.18 Å². The first-order valence-electron chi connectivity index (χ1n) is 6.62. The number of nitrogens with one attached hydrogen (secondary N) is 1. The molecule has 1 amide bonds. The molecule has 0 bridgehead atoms. The van der Waals surface area contributed by atoms with Gasteiger partial charge >= 0.3 is 0 Å². The molecule has 2 rings (SSSR count). The molecule has 5 nitrogen and oxygen atoms in total. The summed E-state index contributed by atoms with van der Waals surface area (Å²) < 4.78 is 14.0. The summed E-state index contributed by atoms with van der Waals surface area (Å²) in [6, 6.07) is 3.65. The van der Waals surface area contributed by atoms with Gasteiger partial charge in [0.1, 0.15) is 5.69 Å². The van der Waals surface area contributed by atoms with Crippen molar-refractivity contribution < 1.29 is 9.18 Å². The topological polar surface area (TPSA) is 50.2 Å². The molecular formula is C15H19FN4O. The lowest BCUT2D eigenvalue weighted by Crippen LogP contribution is -2.24. The molecule has 112 valence electrons. The minimum Gasteiger partial charge on any atom is -0.361 e. The van der Waals surface area contributed by atoms with Crippen LogP contribution in [0.25, 0.3) is 10.9 Å². The van der Waals surface area contributed by atoms with Crippen LogP contribution in [0.1, 0.15) is 16.9 Å². The molecule has 6 heteroatoms. The molecule has 2 heterocycles. The van der Waals surface area contributed by atoms with E-state index < -0.39 is 6.67 Å². The number of carbonyl (C=O) groups excluding carboxylic acids is 1. The van der Waals surface area contributed by atoms with Gasteiger partial charge in [-0.25, -0.2) is 4.98 Å². The summed E-state index contributed by atoms with van der Waals surface area (Å²) >= 11 is 0. The monoisotopic (exact) mass is 290 g/mol. The van der Waals surface area contributed by atoms with Crippen LogP contribution in [0.2, 0.25) is 0 Å². The lowest BCUT2D eigenvalue weighted by molar-refractivity contribution is 0.0957. The molecule has 2 aromatic heterocycles. The molecule has 0 aliphatic carbocycles. The van der Waals surface area contributed by atoms with Crippen molar-refractivity contribution in [1.29, 1.82) is 0 Å². The first-order chi connectivity index (χ1) is 9.95. The molecule has 0 aliphatic rings. The Morgan fingerprint density at radius 3 is 2.86 bits per heavy atom. The second-order valence-electron chi connectivity index (χ2n) is 5.05. The summed E-state index contributed by atoms with van der Waals surface area (Å²) in [6.45, 7) is 3.10. The lowest BCUT2D eigenvalue weighted by atomic mass is 10.3. The standard InChI is InChI=1S/C15H19FN4O/c1-10(5-7-16)18-15(21)12-9-11-6-8-17-14(19(2)3)13(11)20(12)4/h6,8-9H,1,5,7H2,2-4H3,(H,18,21). The SMILES string of the molecule is C=C(CCF)NC(=O)c1cc2ccnc(N(C)C)c2n1C. The van der Waals surface area contributed by atoms with Crippen LogP contribution < -0.4 is 10.2 Å². The smallest absolute Gasteiger partial charge is 0.272 e. The zero-order valence-electron chi connectivity index (χ0n) is 12.5. The van der Waals surface area contributed by atoms with Gasteiger partial charge in [0.25, 0.3) is 5.91 Å². The van der Waals surface area contributed by atoms with Crippen molar-refractivity contribution in [2.24, 2.45) is 7.05 Å². The number of hydrogen-bond donors (Lipinski definition) is 1. The van der Waals surface area contributed by atoms with Crippen molar-refractivity contribution in [1.82, 2.24) is 14.9 Å². The Balaban J connectivity index is 2.42. The van der Waals surface area contributed by atoms with E-state index in [1.54, 1.807) is 16.8 Å². The maximum Gasteiger partial charge on any atom is 0.272 e. The summed E-state index contributed by atoms with van der Waals surface area (Å²) in [6.07, 6.45) is 1.83. The predicted molar refractivity (Wildman–Crippen MR) is 82.2 cm³/mol. The maximum absolute atomic E-state index is 12.3. The van der Waals surface area contributed by atoms with Crippen LogP contribution in [0.15, 0.2) is 30.6 Å². The molecule has 21 heavy (non-hydrogen) atoms. The highest BCUT2D eigenvalue weighted by atomic mass is 19.1. The van der Waals surface area contributed by atoms with Crippen molar-refractivity contribution >= 4 is 22.6 Å². The Hall–Kier alpha value is -2.37. The largest absolute Gasteiger partial charge is 0.361 e. The van der Waals surface area contributed by atoms with Crippen LogP contribution in [0.5, 0.6) is 0 Å². The summed E-state index contributed by atoms with van der Waals surface area (Å²) in [4.78, 5) is 18.5. The number of amides is 1. The highest BCUT2D eigenvalue weighted by molar-refractivity contribution is 6.01. The number of nitrogens with zero attached hydrogens (tertiary/aromatic N) is 3. The molecule has 0 unspecified atom stereocenters. The van der Waals surface area contributed by atoms with Gasteiger partial charge in [-0.05, 0) is 12.1 Å². The van der Waals surface area contributed by atoms with Crippen LogP contribution >= 0.6 is 0 Å². The van der Waals surface area contributed by atoms with Gasteiger partial charge < -0.3 is 14.8 Å². The number of fused-ring (bicyclic) bond motifs is 1. The summed E-state index contributed by atoms with van der Waals surface area (Å²) in [5, 5.41) is 3.55. The van der Waals surface area contributed by atoms with Crippen molar-refractivity contribution in [2.45, 2.75) is 6.42 Å². The zero-order chi connectivity index (χ0) is 15.6. The van der Waals surface area contributed by atoms with E-state index in [1.165, 1.54) is 0 Å². The molecule has 0 spiro atoms. The number of rotatable bonds is 5. The van der Waals surface area contributed by atoms with Gasteiger partial charge in [0.15, 0.2) is 5.82 Å². The number of pyridine rings is 1.